The van der Waals surface area contributed by atoms with Crippen LogP contribution < -0.4 is 15.8 Å². The summed E-state index contributed by atoms with van der Waals surface area (Å²) in [4.78, 5) is 8.82. The third-order valence-electron chi connectivity index (χ3n) is 3.23. The quantitative estimate of drug-likeness (QED) is 0.627. The smallest absolute Gasteiger partial charge is 0.238 e. The molecule has 0 amide bonds. The average Bonchev–Trinajstić information content (AvgIpc) is 2.52. The Hall–Kier alpha value is -2.45. The van der Waals surface area contributed by atoms with Crippen LogP contribution >= 0.6 is 0 Å². The van der Waals surface area contributed by atoms with Crippen molar-refractivity contribution in [2.75, 3.05) is 23.7 Å². The number of nitrogens with two attached hydrogens (primary N) is 1. The third-order valence-corrected chi connectivity index (χ3v) is 4.16. The normalized spacial score (nSPS) is 11.1. The second kappa shape index (κ2) is 7.89. The second-order valence-corrected chi connectivity index (χ2v) is 6.81. The van der Waals surface area contributed by atoms with Gasteiger partial charge in [0.25, 0.3) is 0 Å². The fourth-order valence-corrected chi connectivity index (χ4v) is 2.59. The van der Waals surface area contributed by atoms with E-state index in [2.05, 4.69) is 27.2 Å². The molecule has 0 spiro atoms. The highest BCUT2D eigenvalue weighted by molar-refractivity contribution is 7.89. The molecule has 0 saturated carbocycles. The highest BCUT2D eigenvalue weighted by atomic mass is 32.2. The second-order valence-electron chi connectivity index (χ2n) is 5.25. The molecule has 128 valence electrons. The van der Waals surface area contributed by atoms with Gasteiger partial charge in [-0.2, -0.15) is 4.98 Å². The minimum absolute atomic E-state index is 0.110. The van der Waals surface area contributed by atoms with Crippen molar-refractivity contribution in [3.8, 4) is 0 Å². The molecule has 1 aromatic carbocycles. The van der Waals surface area contributed by atoms with Crippen LogP contribution in [0.3, 0.4) is 0 Å². The van der Waals surface area contributed by atoms with E-state index in [4.69, 9.17) is 5.14 Å². The van der Waals surface area contributed by atoms with Crippen molar-refractivity contribution in [3.05, 3.63) is 54.2 Å². The van der Waals surface area contributed by atoms with Crippen molar-refractivity contribution in [1.82, 2.24) is 9.97 Å². The zero-order valence-electron chi connectivity index (χ0n) is 13.5. The molecule has 2 rings (SSSR count). The summed E-state index contributed by atoms with van der Waals surface area (Å²) in [6.07, 6.45) is 2.47. The molecule has 2 aromatic rings. The van der Waals surface area contributed by atoms with E-state index in [9.17, 15) is 8.42 Å². The van der Waals surface area contributed by atoms with Crippen molar-refractivity contribution in [1.29, 1.82) is 0 Å². The third kappa shape index (κ3) is 5.32. The van der Waals surface area contributed by atoms with Crippen molar-refractivity contribution in [3.63, 3.8) is 0 Å². The number of nitrogens with one attached hydrogen (secondary N) is 2. The number of hydrogen-bond acceptors (Lipinski definition) is 6. The van der Waals surface area contributed by atoms with Crippen molar-refractivity contribution in [2.24, 2.45) is 5.14 Å². The number of aryl methyl sites for hydroxylation is 1. The molecule has 1 heterocycles. The summed E-state index contributed by atoms with van der Waals surface area (Å²) in [5.74, 6) is 1.28. The van der Waals surface area contributed by atoms with E-state index in [0.717, 1.165) is 17.1 Å². The summed E-state index contributed by atoms with van der Waals surface area (Å²) in [5.41, 5.74) is 1.85. The Bertz CT molecular complexity index is 804. The van der Waals surface area contributed by atoms with Crippen LogP contribution in [0.1, 0.15) is 11.3 Å². The van der Waals surface area contributed by atoms with Crippen molar-refractivity contribution in [2.45, 2.75) is 18.2 Å². The Balaban J connectivity index is 1.94. The summed E-state index contributed by atoms with van der Waals surface area (Å²) in [6, 6.07) is 8.36. The molecule has 24 heavy (non-hydrogen) atoms. The van der Waals surface area contributed by atoms with E-state index >= 15 is 0 Å². The van der Waals surface area contributed by atoms with Gasteiger partial charge in [-0.1, -0.05) is 18.2 Å². The Morgan fingerprint density at radius 3 is 2.54 bits per heavy atom. The van der Waals surface area contributed by atoms with Gasteiger partial charge in [-0.05, 0) is 31.0 Å². The van der Waals surface area contributed by atoms with E-state index < -0.39 is 10.0 Å². The number of hydrogen-bond donors (Lipinski definition) is 3. The van der Waals surface area contributed by atoms with Crippen molar-refractivity contribution >= 4 is 21.8 Å². The molecule has 0 aliphatic rings. The molecule has 0 unspecified atom stereocenters. The van der Waals surface area contributed by atoms with Gasteiger partial charge in [0.15, 0.2) is 0 Å². The Morgan fingerprint density at radius 2 is 1.92 bits per heavy atom. The molecule has 4 N–H and O–H groups in total. The number of aromatic nitrogens is 2. The topological polar surface area (TPSA) is 110 Å². The molecule has 8 heteroatoms. The van der Waals surface area contributed by atoms with E-state index in [-0.39, 0.29) is 4.90 Å². The van der Waals surface area contributed by atoms with Gasteiger partial charge in [0.2, 0.25) is 16.0 Å². The first-order valence-corrected chi connectivity index (χ1v) is 8.99. The van der Waals surface area contributed by atoms with Crippen LogP contribution in [0.2, 0.25) is 0 Å². The Labute approximate surface area is 142 Å². The first-order valence-electron chi connectivity index (χ1n) is 7.44. The van der Waals surface area contributed by atoms with Crippen LogP contribution in [0.15, 0.2) is 47.9 Å². The van der Waals surface area contributed by atoms with E-state index in [1.807, 2.05) is 13.0 Å². The monoisotopic (exact) mass is 347 g/mol. The van der Waals surface area contributed by atoms with Crippen LogP contribution in [0.5, 0.6) is 0 Å². The van der Waals surface area contributed by atoms with Gasteiger partial charge >= 0.3 is 0 Å². The summed E-state index contributed by atoms with van der Waals surface area (Å²) in [7, 11) is -3.65. The molecule has 0 radical (unpaired) electrons. The van der Waals surface area contributed by atoms with Gasteiger partial charge in [-0.25, -0.2) is 18.5 Å². The zero-order chi connectivity index (χ0) is 17.6. The van der Waals surface area contributed by atoms with E-state index in [0.29, 0.717) is 25.5 Å². The van der Waals surface area contributed by atoms with Crippen LogP contribution in [0, 0.1) is 6.92 Å². The predicted octanol–water partition coefficient (Wildman–Crippen LogP) is 1.68. The first kappa shape index (κ1) is 17.9. The van der Waals surface area contributed by atoms with Crippen LogP contribution in [-0.2, 0) is 16.4 Å². The van der Waals surface area contributed by atoms with Gasteiger partial charge in [0, 0.05) is 24.8 Å². The summed E-state index contributed by atoms with van der Waals surface area (Å²) in [5, 5.41) is 11.4. The Kier molecular flexibility index (Phi) is 5.88. The molecule has 0 saturated heterocycles. The highest BCUT2D eigenvalue weighted by Gasteiger charge is 2.07. The predicted molar refractivity (Wildman–Crippen MR) is 95.5 cm³/mol. The standard InChI is InChI=1S/C16H21N5O2S/c1-3-9-18-15-11-12(2)20-16(21-15)19-10-8-13-4-6-14(7-5-13)24(17,22)23/h3-7,11H,1,8-10H2,2H3,(H2,17,22,23)(H2,18,19,20,21). The first-order chi connectivity index (χ1) is 11.4. The molecule has 0 fully saturated rings. The van der Waals surface area contributed by atoms with Gasteiger partial charge in [-0.15, -0.1) is 6.58 Å². The lowest BCUT2D eigenvalue weighted by molar-refractivity contribution is 0.598. The summed E-state index contributed by atoms with van der Waals surface area (Å²) in [6.45, 7) is 6.81. The van der Waals surface area contributed by atoms with Crippen LogP contribution in [0.4, 0.5) is 11.8 Å². The fraction of sp³-hybridized carbons (Fsp3) is 0.250. The maximum absolute atomic E-state index is 11.2. The lowest BCUT2D eigenvalue weighted by Gasteiger charge is -2.09. The molecular formula is C16H21N5O2S. The van der Waals surface area contributed by atoms with Gasteiger partial charge in [-0.3, -0.25) is 0 Å². The van der Waals surface area contributed by atoms with Gasteiger partial charge in [0.1, 0.15) is 5.82 Å². The minimum atomic E-state index is -3.65. The van der Waals surface area contributed by atoms with Crippen molar-refractivity contribution < 1.29 is 8.42 Å². The molecule has 1 aromatic heterocycles. The van der Waals surface area contributed by atoms with E-state index in [1.54, 1.807) is 18.2 Å². The fourth-order valence-electron chi connectivity index (χ4n) is 2.08. The summed E-state index contributed by atoms with van der Waals surface area (Å²) < 4.78 is 22.4. The highest BCUT2D eigenvalue weighted by Crippen LogP contribution is 2.11. The van der Waals surface area contributed by atoms with Crippen LogP contribution in [-0.4, -0.2) is 31.5 Å². The molecule has 0 atom stereocenters. The SMILES string of the molecule is C=CCNc1cc(C)nc(NCCc2ccc(S(N)(=O)=O)cc2)n1. The largest absolute Gasteiger partial charge is 0.366 e. The lowest BCUT2D eigenvalue weighted by atomic mass is 10.1. The Morgan fingerprint density at radius 1 is 1.21 bits per heavy atom. The molecule has 0 aliphatic heterocycles. The number of rotatable bonds is 8. The van der Waals surface area contributed by atoms with Gasteiger partial charge in [0.05, 0.1) is 4.90 Å². The zero-order valence-corrected chi connectivity index (χ0v) is 14.3. The average molecular weight is 347 g/mol. The summed E-state index contributed by atoms with van der Waals surface area (Å²) >= 11 is 0. The van der Waals surface area contributed by atoms with E-state index in [1.165, 1.54) is 12.1 Å². The number of anilines is 2. The maximum atomic E-state index is 11.2. The molecule has 0 aliphatic carbocycles. The molecule has 7 nitrogen and oxygen atoms in total. The number of benzene rings is 1. The number of primary sulfonamides is 1. The molecular weight excluding hydrogens is 326 g/mol. The van der Waals surface area contributed by atoms with Crippen LogP contribution in [0.25, 0.3) is 0 Å². The van der Waals surface area contributed by atoms with Gasteiger partial charge < -0.3 is 10.6 Å². The molecule has 0 bridgehead atoms. The minimum Gasteiger partial charge on any atom is -0.366 e. The maximum Gasteiger partial charge on any atom is 0.238 e. The lowest BCUT2D eigenvalue weighted by Crippen LogP contribution is -2.12. The number of sulfonamides is 1. The number of nitrogens with zero attached hydrogens (tertiary/aromatic N) is 2.